The van der Waals surface area contributed by atoms with E-state index < -0.39 is 29.1 Å². The second-order valence-corrected chi connectivity index (χ2v) is 10.8. The summed E-state index contributed by atoms with van der Waals surface area (Å²) >= 11 is 0. The van der Waals surface area contributed by atoms with Gasteiger partial charge in [0.05, 0.1) is 24.3 Å². The lowest BCUT2D eigenvalue weighted by Crippen LogP contribution is -2.32. The number of esters is 1. The summed E-state index contributed by atoms with van der Waals surface area (Å²) in [4.78, 5) is 18.1. The van der Waals surface area contributed by atoms with Crippen molar-refractivity contribution >= 4 is 5.97 Å². The van der Waals surface area contributed by atoms with Crippen molar-refractivity contribution in [3.8, 4) is 34.0 Å². The van der Waals surface area contributed by atoms with Crippen LogP contribution in [-0.4, -0.2) is 47.3 Å². The molecule has 0 atom stereocenters. The number of rotatable bonds is 9. The first kappa shape index (κ1) is 30.9. The minimum absolute atomic E-state index is 0.000990. The predicted molar refractivity (Wildman–Crippen MR) is 148 cm³/mol. The van der Waals surface area contributed by atoms with E-state index in [0.29, 0.717) is 22.3 Å². The lowest BCUT2D eigenvalue weighted by Gasteiger charge is -2.22. The second-order valence-electron chi connectivity index (χ2n) is 10.8. The molecule has 0 amide bonds. The van der Waals surface area contributed by atoms with Crippen molar-refractivity contribution in [1.29, 1.82) is 0 Å². The van der Waals surface area contributed by atoms with Crippen molar-refractivity contribution in [2.45, 2.75) is 45.7 Å². The Morgan fingerprint density at radius 3 is 2.36 bits per heavy atom. The van der Waals surface area contributed by atoms with Gasteiger partial charge in [0.2, 0.25) is 5.82 Å². The number of nitrogens with zero attached hydrogens (tertiary/aromatic N) is 3. The van der Waals surface area contributed by atoms with Crippen LogP contribution in [0.2, 0.25) is 0 Å². The van der Waals surface area contributed by atoms with Crippen molar-refractivity contribution < 1.29 is 36.4 Å². The fourth-order valence-electron chi connectivity index (χ4n) is 4.50. The molecule has 0 aliphatic rings. The molecule has 0 bridgehead atoms. The highest BCUT2D eigenvalue weighted by Gasteiger charge is 2.34. The van der Waals surface area contributed by atoms with E-state index in [9.17, 15) is 18.0 Å². The van der Waals surface area contributed by atoms with E-state index in [2.05, 4.69) is 10.1 Å². The third-order valence-electron chi connectivity index (χ3n) is 6.18. The summed E-state index contributed by atoms with van der Waals surface area (Å²) in [6.07, 6.45) is -4.54. The molecule has 1 heterocycles. The van der Waals surface area contributed by atoms with Crippen molar-refractivity contribution in [2.24, 2.45) is 0 Å². The quantitative estimate of drug-likeness (QED) is 0.153. The molecule has 0 saturated heterocycles. The van der Waals surface area contributed by atoms with Crippen LogP contribution in [0.5, 0.6) is 0 Å². The molecule has 0 unspecified atom stereocenters. The third kappa shape index (κ3) is 7.40. The van der Waals surface area contributed by atoms with Gasteiger partial charge in [-0.25, -0.2) is 4.39 Å². The van der Waals surface area contributed by atoms with Crippen molar-refractivity contribution in [3.63, 3.8) is 0 Å². The zero-order valence-electron chi connectivity index (χ0n) is 23.9. The minimum atomic E-state index is -4.54. The van der Waals surface area contributed by atoms with Crippen LogP contribution in [0, 0.1) is 5.82 Å². The first-order chi connectivity index (χ1) is 19.8. The Balaban J connectivity index is 1.60. The molecule has 4 rings (SSSR count). The Morgan fingerprint density at radius 2 is 1.67 bits per heavy atom. The van der Waals surface area contributed by atoms with Gasteiger partial charge in [-0.15, -0.1) is 0 Å². The normalized spacial score (nSPS) is 12.1. The highest BCUT2D eigenvalue weighted by atomic mass is 19.4. The SMILES string of the molecule is COCc1cc(-c2nc(-c3cccc(CN(C)CC(=O)OC(C)(C)C)c3F)no2)ccc1-c1ccccc1C(F)(F)F. The number of hydrogen-bond acceptors (Lipinski definition) is 7. The van der Waals surface area contributed by atoms with Gasteiger partial charge in [0.15, 0.2) is 0 Å². The maximum atomic E-state index is 15.5. The van der Waals surface area contributed by atoms with Gasteiger partial charge in [-0.05, 0) is 68.8 Å². The van der Waals surface area contributed by atoms with Crippen molar-refractivity contribution in [2.75, 3.05) is 20.7 Å². The number of hydrogen-bond donors (Lipinski definition) is 0. The highest BCUT2D eigenvalue weighted by molar-refractivity contribution is 5.75. The van der Waals surface area contributed by atoms with Gasteiger partial charge in [0, 0.05) is 24.8 Å². The number of halogens is 4. The average Bonchev–Trinajstić information content (AvgIpc) is 3.38. The smallest absolute Gasteiger partial charge is 0.417 e. The molecule has 0 saturated carbocycles. The molecule has 4 aromatic rings. The Kier molecular flexibility index (Phi) is 9.12. The number of carbonyl (C=O) groups is 1. The number of aromatic nitrogens is 2. The molecule has 3 aromatic carbocycles. The van der Waals surface area contributed by atoms with Crippen molar-refractivity contribution in [3.05, 3.63) is 83.2 Å². The van der Waals surface area contributed by atoms with Gasteiger partial charge in [-0.1, -0.05) is 41.6 Å². The molecule has 0 N–H and O–H groups in total. The first-order valence-electron chi connectivity index (χ1n) is 13.1. The lowest BCUT2D eigenvalue weighted by molar-refractivity contribution is -0.155. The number of ether oxygens (including phenoxy) is 2. The molecule has 7 nitrogen and oxygen atoms in total. The van der Waals surface area contributed by atoms with Gasteiger partial charge in [-0.2, -0.15) is 18.2 Å². The van der Waals surface area contributed by atoms with Gasteiger partial charge in [-0.3, -0.25) is 9.69 Å². The topological polar surface area (TPSA) is 77.7 Å². The molecule has 42 heavy (non-hydrogen) atoms. The summed E-state index contributed by atoms with van der Waals surface area (Å²) < 4.78 is 72.6. The van der Waals surface area contributed by atoms with Crippen LogP contribution in [-0.2, 0) is 33.6 Å². The van der Waals surface area contributed by atoms with E-state index in [0.717, 1.165) is 6.07 Å². The van der Waals surface area contributed by atoms with E-state index >= 15 is 4.39 Å². The minimum Gasteiger partial charge on any atom is -0.459 e. The summed E-state index contributed by atoms with van der Waals surface area (Å²) in [6, 6.07) is 14.8. The van der Waals surface area contributed by atoms with E-state index in [-0.39, 0.29) is 42.5 Å². The average molecular weight is 586 g/mol. The fraction of sp³-hybridized carbons (Fsp3) is 0.323. The molecule has 222 valence electrons. The Hall–Kier alpha value is -4.09. The predicted octanol–water partition coefficient (Wildman–Crippen LogP) is 7.15. The first-order valence-corrected chi connectivity index (χ1v) is 13.1. The number of carbonyl (C=O) groups excluding carboxylic acids is 1. The summed E-state index contributed by atoms with van der Waals surface area (Å²) in [6.45, 7) is 5.45. The van der Waals surface area contributed by atoms with Gasteiger partial charge in [0.25, 0.3) is 5.89 Å². The molecular weight excluding hydrogens is 554 g/mol. The Morgan fingerprint density at radius 1 is 0.952 bits per heavy atom. The summed E-state index contributed by atoms with van der Waals surface area (Å²) in [5.74, 6) is -0.936. The van der Waals surface area contributed by atoms with Crippen LogP contribution in [0.15, 0.2) is 65.2 Å². The van der Waals surface area contributed by atoms with Crippen molar-refractivity contribution in [1.82, 2.24) is 15.0 Å². The monoisotopic (exact) mass is 585 g/mol. The highest BCUT2D eigenvalue weighted by Crippen LogP contribution is 2.39. The third-order valence-corrected chi connectivity index (χ3v) is 6.18. The molecule has 0 radical (unpaired) electrons. The van der Waals surface area contributed by atoms with Gasteiger partial charge >= 0.3 is 12.1 Å². The fourth-order valence-corrected chi connectivity index (χ4v) is 4.50. The van der Waals surface area contributed by atoms with E-state index in [1.807, 2.05) is 0 Å². The molecule has 1 aromatic heterocycles. The zero-order valence-corrected chi connectivity index (χ0v) is 23.9. The van der Waals surface area contributed by atoms with Crippen LogP contribution in [0.4, 0.5) is 17.6 Å². The van der Waals surface area contributed by atoms with Crippen LogP contribution in [0.1, 0.15) is 37.5 Å². The van der Waals surface area contributed by atoms with Crippen LogP contribution in [0.3, 0.4) is 0 Å². The Bertz CT molecular complexity index is 1560. The number of likely N-dealkylation sites (N-methyl/N-ethyl adjacent to an activating group) is 1. The van der Waals surface area contributed by atoms with Gasteiger partial charge < -0.3 is 14.0 Å². The van der Waals surface area contributed by atoms with E-state index in [4.69, 9.17) is 14.0 Å². The van der Waals surface area contributed by atoms with E-state index in [1.54, 1.807) is 63.1 Å². The van der Waals surface area contributed by atoms with Crippen LogP contribution >= 0.6 is 0 Å². The van der Waals surface area contributed by atoms with E-state index in [1.165, 1.54) is 31.4 Å². The maximum absolute atomic E-state index is 15.5. The molecule has 0 spiro atoms. The second kappa shape index (κ2) is 12.4. The molecule has 0 aliphatic carbocycles. The number of benzene rings is 3. The maximum Gasteiger partial charge on any atom is 0.417 e. The number of methoxy groups -OCH3 is 1. The molecular formula is C31H31F4N3O4. The Labute approximate surface area is 241 Å². The zero-order chi connectivity index (χ0) is 30.7. The summed E-state index contributed by atoms with van der Waals surface area (Å²) in [5.41, 5.74) is 0.309. The lowest BCUT2D eigenvalue weighted by atomic mass is 9.94. The standard InChI is InChI=1S/C31H31F4N3O4/c1-30(2,3)41-26(39)17-38(4)16-20-9-8-11-24(27(20)32)28-36-29(42-37-28)19-13-14-22(21(15-19)18-40-5)23-10-6-7-12-25(23)31(33,34)35/h6-15H,16-18H2,1-5H3. The van der Waals surface area contributed by atoms with Crippen LogP contribution in [0.25, 0.3) is 34.0 Å². The summed E-state index contributed by atoms with van der Waals surface area (Å²) in [5, 5.41) is 3.94. The molecule has 0 fully saturated rings. The number of alkyl halides is 3. The summed E-state index contributed by atoms with van der Waals surface area (Å²) in [7, 11) is 3.12. The molecule has 11 heteroatoms. The molecule has 0 aliphatic heterocycles. The van der Waals surface area contributed by atoms with Crippen LogP contribution < -0.4 is 0 Å². The largest absolute Gasteiger partial charge is 0.459 e. The van der Waals surface area contributed by atoms with Gasteiger partial charge in [0.1, 0.15) is 11.4 Å².